The van der Waals surface area contributed by atoms with E-state index in [1.807, 2.05) is 13.0 Å². The van der Waals surface area contributed by atoms with Crippen LogP contribution < -0.4 is 4.74 Å². The van der Waals surface area contributed by atoms with Gasteiger partial charge in [0.1, 0.15) is 11.5 Å². The Bertz CT molecular complexity index is 269. The number of phenolic OH excluding ortho intramolecular Hbond substituents is 1. The summed E-state index contributed by atoms with van der Waals surface area (Å²) in [5.74, 6) is 1.20. The molecule has 0 atom stereocenters. The standard InChI is InChI=1S/C11H16O2/c1-3-7-13-11-6-5-10(12)8-9(11)4-2/h5-6,8,12H,3-4,7H2,1-2H3. The molecule has 0 aliphatic heterocycles. The highest BCUT2D eigenvalue weighted by Crippen LogP contribution is 2.23. The zero-order valence-electron chi connectivity index (χ0n) is 8.21. The van der Waals surface area contributed by atoms with Crippen LogP contribution in [0.2, 0.25) is 0 Å². The molecule has 0 saturated carbocycles. The third kappa shape index (κ3) is 2.65. The van der Waals surface area contributed by atoms with Gasteiger partial charge in [0.15, 0.2) is 0 Å². The molecule has 2 heteroatoms. The Balaban J connectivity index is 2.79. The Morgan fingerprint density at radius 1 is 1.31 bits per heavy atom. The topological polar surface area (TPSA) is 29.5 Å². The molecule has 1 rings (SSSR count). The summed E-state index contributed by atoms with van der Waals surface area (Å²) >= 11 is 0. The number of aromatic hydroxyl groups is 1. The van der Waals surface area contributed by atoms with E-state index in [2.05, 4.69) is 6.92 Å². The van der Waals surface area contributed by atoms with Crippen LogP contribution in [0.4, 0.5) is 0 Å². The van der Waals surface area contributed by atoms with Gasteiger partial charge in [0.25, 0.3) is 0 Å². The molecule has 0 fully saturated rings. The predicted molar refractivity (Wildman–Crippen MR) is 53.3 cm³/mol. The van der Waals surface area contributed by atoms with Crippen molar-refractivity contribution in [2.75, 3.05) is 6.61 Å². The summed E-state index contributed by atoms with van der Waals surface area (Å²) in [7, 11) is 0. The smallest absolute Gasteiger partial charge is 0.122 e. The highest BCUT2D eigenvalue weighted by molar-refractivity contribution is 5.39. The van der Waals surface area contributed by atoms with Gasteiger partial charge in [-0.1, -0.05) is 13.8 Å². The first-order chi connectivity index (χ1) is 6.27. The summed E-state index contributed by atoms with van der Waals surface area (Å²) in [5, 5.41) is 9.24. The molecule has 0 aliphatic carbocycles. The van der Waals surface area contributed by atoms with Crippen molar-refractivity contribution in [3.05, 3.63) is 23.8 Å². The van der Waals surface area contributed by atoms with Crippen molar-refractivity contribution in [3.8, 4) is 11.5 Å². The number of hydrogen-bond acceptors (Lipinski definition) is 2. The minimum Gasteiger partial charge on any atom is -0.508 e. The fraction of sp³-hybridized carbons (Fsp3) is 0.455. The van der Waals surface area contributed by atoms with Gasteiger partial charge >= 0.3 is 0 Å². The maximum atomic E-state index is 9.24. The number of hydrogen-bond donors (Lipinski definition) is 1. The first-order valence-electron chi connectivity index (χ1n) is 4.72. The molecule has 0 saturated heterocycles. The van der Waals surface area contributed by atoms with Crippen LogP contribution in [0.15, 0.2) is 18.2 Å². The van der Waals surface area contributed by atoms with E-state index in [-0.39, 0.29) is 0 Å². The van der Waals surface area contributed by atoms with E-state index in [1.165, 1.54) is 0 Å². The second-order valence-corrected chi connectivity index (χ2v) is 2.99. The fourth-order valence-corrected chi connectivity index (χ4v) is 1.19. The molecule has 1 aromatic rings. The number of aryl methyl sites for hydroxylation is 1. The minimum atomic E-state index is 0.306. The van der Waals surface area contributed by atoms with Crippen molar-refractivity contribution in [1.29, 1.82) is 0 Å². The van der Waals surface area contributed by atoms with Crippen LogP contribution in [0.3, 0.4) is 0 Å². The molecule has 0 bridgehead atoms. The van der Waals surface area contributed by atoms with E-state index in [1.54, 1.807) is 12.1 Å². The molecule has 2 nitrogen and oxygen atoms in total. The minimum absolute atomic E-state index is 0.306. The summed E-state index contributed by atoms with van der Waals surface area (Å²) in [6, 6.07) is 5.24. The highest BCUT2D eigenvalue weighted by Gasteiger charge is 2.01. The van der Waals surface area contributed by atoms with Crippen LogP contribution in [0.25, 0.3) is 0 Å². The molecule has 0 aromatic heterocycles. The third-order valence-electron chi connectivity index (χ3n) is 1.89. The second-order valence-electron chi connectivity index (χ2n) is 2.99. The molecular formula is C11H16O2. The van der Waals surface area contributed by atoms with Crippen molar-refractivity contribution < 1.29 is 9.84 Å². The lowest BCUT2D eigenvalue weighted by atomic mass is 10.1. The Morgan fingerprint density at radius 2 is 2.08 bits per heavy atom. The SMILES string of the molecule is CCCOc1ccc(O)cc1CC. The van der Waals surface area contributed by atoms with Gasteiger partial charge in [0.2, 0.25) is 0 Å². The first-order valence-corrected chi connectivity index (χ1v) is 4.72. The van der Waals surface area contributed by atoms with Crippen molar-refractivity contribution >= 4 is 0 Å². The maximum Gasteiger partial charge on any atom is 0.122 e. The molecule has 0 amide bonds. The molecule has 0 heterocycles. The second kappa shape index (κ2) is 4.75. The van der Waals surface area contributed by atoms with Crippen LogP contribution >= 0.6 is 0 Å². The van der Waals surface area contributed by atoms with Gasteiger partial charge in [-0.25, -0.2) is 0 Å². The molecule has 1 N–H and O–H groups in total. The average Bonchev–Trinajstić information content (AvgIpc) is 2.16. The number of benzene rings is 1. The molecule has 0 aliphatic rings. The van der Waals surface area contributed by atoms with Crippen LogP contribution in [0.1, 0.15) is 25.8 Å². The van der Waals surface area contributed by atoms with Gasteiger partial charge in [0, 0.05) is 0 Å². The molecule has 0 spiro atoms. The maximum absolute atomic E-state index is 9.24. The van der Waals surface area contributed by atoms with Gasteiger partial charge in [-0.15, -0.1) is 0 Å². The Hall–Kier alpha value is -1.18. The highest BCUT2D eigenvalue weighted by atomic mass is 16.5. The van der Waals surface area contributed by atoms with Gasteiger partial charge < -0.3 is 9.84 Å². The van der Waals surface area contributed by atoms with Gasteiger partial charge in [-0.2, -0.15) is 0 Å². The van der Waals surface area contributed by atoms with Crippen molar-refractivity contribution in [2.24, 2.45) is 0 Å². The van der Waals surface area contributed by atoms with Gasteiger partial charge in [-0.05, 0) is 36.6 Å². The number of rotatable bonds is 4. The van der Waals surface area contributed by atoms with Crippen LogP contribution in [-0.4, -0.2) is 11.7 Å². The Morgan fingerprint density at radius 3 is 2.69 bits per heavy atom. The Kier molecular flexibility index (Phi) is 3.62. The number of phenols is 1. The van der Waals surface area contributed by atoms with E-state index in [0.717, 1.165) is 30.8 Å². The summed E-state index contributed by atoms with van der Waals surface area (Å²) in [4.78, 5) is 0. The Labute approximate surface area is 79.2 Å². The summed E-state index contributed by atoms with van der Waals surface area (Å²) in [6.45, 7) is 4.86. The van der Waals surface area contributed by atoms with Crippen molar-refractivity contribution in [3.63, 3.8) is 0 Å². The van der Waals surface area contributed by atoms with E-state index >= 15 is 0 Å². The average molecular weight is 180 g/mol. The largest absolute Gasteiger partial charge is 0.508 e. The van der Waals surface area contributed by atoms with Gasteiger partial charge in [-0.3, -0.25) is 0 Å². The lowest BCUT2D eigenvalue weighted by Crippen LogP contribution is -1.97. The quantitative estimate of drug-likeness (QED) is 0.772. The monoisotopic (exact) mass is 180 g/mol. The molecule has 1 aromatic carbocycles. The van der Waals surface area contributed by atoms with Gasteiger partial charge in [0.05, 0.1) is 6.61 Å². The first kappa shape index (κ1) is 9.90. The molecule has 0 radical (unpaired) electrons. The summed E-state index contributed by atoms with van der Waals surface area (Å²) in [6.07, 6.45) is 1.89. The van der Waals surface area contributed by atoms with Crippen LogP contribution in [0, 0.1) is 0 Å². The van der Waals surface area contributed by atoms with E-state index in [4.69, 9.17) is 4.74 Å². The number of ether oxygens (including phenoxy) is 1. The van der Waals surface area contributed by atoms with E-state index in [9.17, 15) is 5.11 Å². The predicted octanol–water partition coefficient (Wildman–Crippen LogP) is 2.74. The summed E-state index contributed by atoms with van der Waals surface area (Å²) < 4.78 is 5.52. The van der Waals surface area contributed by atoms with Crippen molar-refractivity contribution in [2.45, 2.75) is 26.7 Å². The van der Waals surface area contributed by atoms with Crippen molar-refractivity contribution in [1.82, 2.24) is 0 Å². The molecular weight excluding hydrogens is 164 g/mol. The molecule has 0 unspecified atom stereocenters. The zero-order chi connectivity index (χ0) is 9.68. The third-order valence-corrected chi connectivity index (χ3v) is 1.89. The van der Waals surface area contributed by atoms with Crippen LogP contribution in [-0.2, 0) is 6.42 Å². The fourth-order valence-electron chi connectivity index (χ4n) is 1.19. The summed E-state index contributed by atoms with van der Waals surface area (Å²) in [5.41, 5.74) is 1.06. The van der Waals surface area contributed by atoms with E-state index < -0.39 is 0 Å². The zero-order valence-corrected chi connectivity index (χ0v) is 8.21. The van der Waals surface area contributed by atoms with Crippen LogP contribution in [0.5, 0.6) is 11.5 Å². The molecule has 72 valence electrons. The molecule has 13 heavy (non-hydrogen) atoms. The van der Waals surface area contributed by atoms with E-state index in [0.29, 0.717) is 5.75 Å². The lowest BCUT2D eigenvalue weighted by molar-refractivity contribution is 0.313. The lowest BCUT2D eigenvalue weighted by Gasteiger charge is -2.09. The normalized spacial score (nSPS) is 10.0.